The Hall–Kier alpha value is -0.570. The summed E-state index contributed by atoms with van der Waals surface area (Å²) in [4.78, 5) is 14.2. The van der Waals surface area contributed by atoms with Gasteiger partial charge in [-0.15, -0.1) is 0 Å². The van der Waals surface area contributed by atoms with Crippen LogP contribution in [-0.4, -0.2) is 35.6 Å². The van der Waals surface area contributed by atoms with Crippen molar-refractivity contribution in [1.82, 2.24) is 4.90 Å². The Bertz CT molecular complexity index is 304. The maximum Gasteiger partial charge on any atom is 0.310 e. The van der Waals surface area contributed by atoms with E-state index >= 15 is 0 Å². The molecule has 3 heteroatoms. The lowest BCUT2D eigenvalue weighted by atomic mass is 9.70. The van der Waals surface area contributed by atoms with Crippen molar-refractivity contribution in [1.29, 1.82) is 0 Å². The monoisotopic (exact) mass is 267 g/mol. The van der Waals surface area contributed by atoms with Gasteiger partial charge < -0.3 is 10.0 Å². The number of aliphatic carboxylic acids is 1. The number of carboxylic acid groups (broad SMARTS) is 1. The molecule has 0 aliphatic heterocycles. The van der Waals surface area contributed by atoms with Crippen molar-refractivity contribution < 1.29 is 9.90 Å². The molecule has 1 N–H and O–H groups in total. The molecule has 2 aliphatic rings. The fourth-order valence-electron chi connectivity index (χ4n) is 3.40. The van der Waals surface area contributed by atoms with E-state index in [1.165, 1.54) is 12.8 Å². The Balaban J connectivity index is 1.98. The van der Waals surface area contributed by atoms with Gasteiger partial charge in [0.2, 0.25) is 0 Å². The van der Waals surface area contributed by atoms with Gasteiger partial charge in [0, 0.05) is 13.1 Å². The molecule has 0 bridgehead atoms. The highest BCUT2D eigenvalue weighted by Gasteiger charge is 2.42. The summed E-state index contributed by atoms with van der Waals surface area (Å²) in [6.45, 7) is 7.40. The number of nitrogens with zero attached hydrogens (tertiary/aromatic N) is 1. The molecular weight excluding hydrogens is 238 g/mol. The first kappa shape index (κ1) is 14.8. The average molecular weight is 267 g/mol. The molecule has 0 amide bonds. The SMILES string of the molecule is CCCN(CC1CC1)CC1(C(=O)O)CCC(C)CC1. The fourth-order valence-corrected chi connectivity index (χ4v) is 3.40. The molecular formula is C16H29NO2. The predicted octanol–water partition coefficient (Wildman–Crippen LogP) is 3.39. The topological polar surface area (TPSA) is 40.5 Å². The molecule has 2 fully saturated rings. The molecule has 19 heavy (non-hydrogen) atoms. The molecule has 3 nitrogen and oxygen atoms in total. The van der Waals surface area contributed by atoms with Crippen molar-refractivity contribution in [2.24, 2.45) is 17.3 Å². The van der Waals surface area contributed by atoms with Gasteiger partial charge in [-0.3, -0.25) is 4.79 Å². The number of carboxylic acids is 1. The molecule has 0 aromatic carbocycles. The first-order valence-corrected chi connectivity index (χ1v) is 8.01. The summed E-state index contributed by atoms with van der Waals surface area (Å²) in [5.41, 5.74) is -0.462. The average Bonchev–Trinajstić information content (AvgIpc) is 3.16. The maximum atomic E-state index is 11.8. The lowest BCUT2D eigenvalue weighted by Crippen LogP contribution is -2.46. The zero-order valence-electron chi connectivity index (χ0n) is 12.5. The van der Waals surface area contributed by atoms with Gasteiger partial charge in [-0.2, -0.15) is 0 Å². The van der Waals surface area contributed by atoms with Crippen molar-refractivity contribution in [3.63, 3.8) is 0 Å². The van der Waals surface area contributed by atoms with Gasteiger partial charge in [0.15, 0.2) is 0 Å². The Morgan fingerprint density at radius 2 is 1.89 bits per heavy atom. The van der Waals surface area contributed by atoms with Crippen molar-refractivity contribution in [3.8, 4) is 0 Å². The highest BCUT2D eigenvalue weighted by atomic mass is 16.4. The molecule has 2 aliphatic carbocycles. The third-order valence-electron chi connectivity index (χ3n) is 4.96. The second-order valence-corrected chi connectivity index (χ2v) is 6.95. The van der Waals surface area contributed by atoms with Gasteiger partial charge >= 0.3 is 5.97 Å². The third-order valence-corrected chi connectivity index (χ3v) is 4.96. The third kappa shape index (κ3) is 3.95. The Morgan fingerprint density at radius 3 is 2.37 bits per heavy atom. The first-order valence-electron chi connectivity index (χ1n) is 8.01. The molecule has 0 heterocycles. The summed E-state index contributed by atoms with van der Waals surface area (Å²) in [5, 5.41) is 9.72. The Kier molecular flexibility index (Phi) is 4.88. The van der Waals surface area contributed by atoms with E-state index in [0.29, 0.717) is 5.92 Å². The van der Waals surface area contributed by atoms with Crippen molar-refractivity contribution in [2.45, 2.75) is 58.8 Å². The van der Waals surface area contributed by atoms with Crippen LogP contribution in [0, 0.1) is 17.3 Å². The van der Waals surface area contributed by atoms with E-state index in [-0.39, 0.29) is 0 Å². The van der Waals surface area contributed by atoms with Crippen molar-refractivity contribution >= 4 is 5.97 Å². The van der Waals surface area contributed by atoms with Crippen LogP contribution in [0.3, 0.4) is 0 Å². The summed E-state index contributed by atoms with van der Waals surface area (Å²) in [7, 11) is 0. The predicted molar refractivity (Wildman–Crippen MR) is 77.2 cm³/mol. The summed E-state index contributed by atoms with van der Waals surface area (Å²) in [6.07, 6.45) is 7.71. The van der Waals surface area contributed by atoms with E-state index in [9.17, 15) is 9.90 Å². The van der Waals surface area contributed by atoms with Gasteiger partial charge in [-0.1, -0.05) is 13.8 Å². The molecule has 0 aromatic heterocycles. The minimum atomic E-state index is -0.559. The van der Waals surface area contributed by atoms with Crippen LogP contribution < -0.4 is 0 Å². The number of hydrogen-bond acceptors (Lipinski definition) is 2. The van der Waals surface area contributed by atoms with E-state index in [4.69, 9.17) is 0 Å². The van der Waals surface area contributed by atoms with Gasteiger partial charge in [0.1, 0.15) is 0 Å². The fraction of sp³-hybridized carbons (Fsp3) is 0.938. The molecule has 0 aromatic rings. The lowest BCUT2D eigenvalue weighted by molar-refractivity contribution is -0.153. The van der Waals surface area contributed by atoms with Gasteiger partial charge in [0.05, 0.1) is 5.41 Å². The number of carbonyl (C=O) groups is 1. The van der Waals surface area contributed by atoms with Crippen molar-refractivity contribution in [2.75, 3.05) is 19.6 Å². The van der Waals surface area contributed by atoms with E-state index in [1.807, 2.05) is 0 Å². The molecule has 0 spiro atoms. The standard InChI is InChI=1S/C16H29NO2/c1-3-10-17(11-14-4-5-14)12-16(15(18)19)8-6-13(2)7-9-16/h13-14H,3-12H2,1-2H3,(H,18,19). The highest BCUT2D eigenvalue weighted by molar-refractivity contribution is 5.75. The van der Waals surface area contributed by atoms with Crippen LogP contribution in [0.4, 0.5) is 0 Å². The summed E-state index contributed by atoms with van der Waals surface area (Å²) >= 11 is 0. The minimum absolute atomic E-state index is 0.462. The highest BCUT2D eigenvalue weighted by Crippen LogP contribution is 2.40. The van der Waals surface area contributed by atoms with Crippen LogP contribution in [0.2, 0.25) is 0 Å². The van der Waals surface area contributed by atoms with Crippen LogP contribution in [0.15, 0.2) is 0 Å². The molecule has 0 atom stereocenters. The van der Waals surface area contributed by atoms with Gasteiger partial charge in [-0.25, -0.2) is 0 Å². The van der Waals surface area contributed by atoms with Crippen LogP contribution in [-0.2, 0) is 4.79 Å². The second-order valence-electron chi connectivity index (χ2n) is 6.95. The minimum Gasteiger partial charge on any atom is -0.481 e. The number of hydrogen-bond donors (Lipinski definition) is 1. The van der Waals surface area contributed by atoms with Crippen LogP contribution in [0.1, 0.15) is 58.8 Å². The largest absolute Gasteiger partial charge is 0.481 e. The van der Waals surface area contributed by atoms with E-state index in [1.54, 1.807) is 0 Å². The van der Waals surface area contributed by atoms with E-state index in [0.717, 1.165) is 57.7 Å². The Labute approximate surface area is 117 Å². The summed E-state index contributed by atoms with van der Waals surface area (Å²) < 4.78 is 0. The van der Waals surface area contributed by atoms with Crippen LogP contribution >= 0.6 is 0 Å². The molecule has 110 valence electrons. The molecule has 0 radical (unpaired) electrons. The second kappa shape index (κ2) is 6.25. The quantitative estimate of drug-likeness (QED) is 0.768. The van der Waals surface area contributed by atoms with E-state index < -0.39 is 11.4 Å². The molecule has 2 rings (SSSR count). The normalized spacial score (nSPS) is 31.6. The lowest BCUT2D eigenvalue weighted by Gasteiger charge is -2.39. The van der Waals surface area contributed by atoms with E-state index in [2.05, 4.69) is 18.7 Å². The molecule has 2 saturated carbocycles. The zero-order valence-corrected chi connectivity index (χ0v) is 12.5. The van der Waals surface area contributed by atoms with Crippen LogP contribution in [0.5, 0.6) is 0 Å². The molecule has 0 unspecified atom stereocenters. The van der Waals surface area contributed by atoms with Gasteiger partial charge in [0.25, 0.3) is 0 Å². The Morgan fingerprint density at radius 1 is 1.26 bits per heavy atom. The van der Waals surface area contributed by atoms with Crippen LogP contribution in [0.25, 0.3) is 0 Å². The molecule has 0 saturated heterocycles. The zero-order chi connectivity index (χ0) is 13.9. The maximum absolute atomic E-state index is 11.8. The smallest absolute Gasteiger partial charge is 0.310 e. The first-order chi connectivity index (χ1) is 9.05. The van der Waals surface area contributed by atoms with Crippen molar-refractivity contribution in [3.05, 3.63) is 0 Å². The van der Waals surface area contributed by atoms with Gasteiger partial charge in [-0.05, 0) is 63.3 Å². The number of rotatable bonds is 7. The summed E-state index contributed by atoms with van der Waals surface area (Å²) in [5.74, 6) is 0.992. The summed E-state index contributed by atoms with van der Waals surface area (Å²) in [6, 6.07) is 0.